The van der Waals surface area contributed by atoms with Gasteiger partial charge in [-0.3, -0.25) is 9.88 Å². The molecule has 0 saturated carbocycles. The zero-order chi connectivity index (χ0) is 33.3. The molecular formula is C36H26N5O6P. The zero-order valence-electron chi connectivity index (χ0n) is 25.1. The first kappa shape index (κ1) is 30.2. The highest BCUT2D eigenvalue weighted by molar-refractivity contribution is 7.56. The number of carbonyl (C=O) groups is 2. The number of anilines is 4. The van der Waals surface area contributed by atoms with Gasteiger partial charge in [-0.05, 0) is 96.6 Å². The van der Waals surface area contributed by atoms with Crippen molar-refractivity contribution in [1.29, 1.82) is 5.26 Å². The van der Waals surface area contributed by atoms with Crippen LogP contribution in [0.25, 0.3) is 6.08 Å². The Bertz CT molecular complexity index is 2090. The number of fused-ring (bicyclic) bond motifs is 2. The highest BCUT2D eigenvalue weighted by atomic mass is 31.2. The summed E-state index contributed by atoms with van der Waals surface area (Å²) in [5, 5.41) is 25.2. The summed E-state index contributed by atoms with van der Waals surface area (Å²) in [6.07, 6.45) is 0.810. The van der Waals surface area contributed by atoms with Crippen molar-refractivity contribution >= 4 is 48.5 Å². The molecule has 0 radical (unpaired) electrons. The number of hydrogen-bond acceptors (Lipinski definition) is 8. The number of para-hydroxylation sites is 2. The molecule has 5 aromatic rings. The lowest BCUT2D eigenvalue weighted by Crippen LogP contribution is -2.62. The Morgan fingerprint density at radius 3 is 2.00 bits per heavy atom. The van der Waals surface area contributed by atoms with E-state index < -0.39 is 25.9 Å². The first-order chi connectivity index (χ1) is 23.3. The summed E-state index contributed by atoms with van der Waals surface area (Å²) in [5.74, 6) is 0.172. The topological polar surface area (TPSA) is 144 Å². The smallest absolute Gasteiger partial charge is 0.508 e. The molecule has 11 nitrogen and oxygen atoms in total. The van der Waals surface area contributed by atoms with Gasteiger partial charge in [-0.1, -0.05) is 42.5 Å². The van der Waals surface area contributed by atoms with Gasteiger partial charge in [0.05, 0.1) is 28.6 Å². The molecule has 48 heavy (non-hydrogen) atoms. The molecule has 0 aromatic heterocycles. The van der Waals surface area contributed by atoms with E-state index in [-0.39, 0.29) is 11.4 Å². The Kier molecular flexibility index (Phi) is 7.77. The number of nitrogens with zero attached hydrogens (tertiary/aromatic N) is 3. The van der Waals surface area contributed by atoms with Crippen LogP contribution in [0.4, 0.5) is 27.5 Å². The number of benzene rings is 5. The van der Waals surface area contributed by atoms with E-state index >= 15 is 0 Å². The van der Waals surface area contributed by atoms with E-state index in [1.54, 1.807) is 126 Å². The summed E-state index contributed by atoms with van der Waals surface area (Å²) in [6.45, 7) is 0. The van der Waals surface area contributed by atoms with Gasteiger partial charge < -0.3 is 24.4 Å². The van der Waals surface area contributed by atoms with Crippen LogP contribution in [0.1, 0.15) is 11.1 Å². The van der Waals surface area contributed by atoms with Gasteiger partial charge in [0.1, 0.15) is 23.4 Å². The second kappa shape index (κ2) is 12.4. The predicted octanol–water partition coefficient (Wildman–Crippen LogP) is 7.56. The lowest BCUT2D eigenvalue weighted by atomic mass is 9.95. The van der Waals surface area contributed by atoms with Crippen molar-refractivity contribution in [3.63, 3.8) is 0 Å². The van der Waals surface area contributed by atoms with Crippen molar-refractivity contribution < 1.29 is 28.3 Å². The van der Waals surface area contributed by atoms with Crippen molar-refractivity contribution in [2.24, 2.45) is 0 Å². The Morgan fingerprint density at radius 2 is 1.40 bits per heavy atom. The van der Waals surface area contributed by atoms with Gasteiger partial charge in [0.25, 0.3) is 5.91 Å². The van der Waals surface area contributed by atoms with Crippen molar-refractivity contribution in [3.05, 3.63) is 144 Å². The van der Waals surface area contributed by atoms with Gasteiger partial charge in [-0.2, -0.15) is 5.26 Å². The molecule has 1 atom stereocenters. The van der Waals surface area contributed by atoms with Crippen molar-refractivity contribution in [2.75, 3.05) is 14.9 Å². The maximum absolute atomic E-state index is 14.0. The quantitative estimate of drug-likeness (QED) is 0.144. The number of rotatable bonds is 8. The molecule has 1 saturated heterocycles. The van der Waals surface area contributed by atoms with Crippen LogP contribution in [0.2, 0.25) is 0 Å². The van der Waals surface area contributed by atoms with Crippen LogP contribution in [-0.4, -0.2) is 23.2 Å². The molecule has 1 unspecified atom stereocenters. The normalized spacial score (nSPS) is 15.3. The summed E-state index contributed by atoms with van der Waals surface area (Å²) < 4.78 is 25.5. The highest BCUT2D eigenvalue weighted by Gasteiger charge is 2.43. The molecule has 3 N–H and O–H groups in total. The summed E-state index contributed by atoms with van der Waals surface area (Å²) in [5.41, 5.74) is 3.21. The molecule has 2 heterocycles. The molecule has 2 aliphatic rings. The minimum absolute atomic E-state index is 0.0556. The molecule has 12 heteroatoms. The molecule has 5 aromatic carbocycles. The second-order valence-electron chi connectivity index (χ2n) is 10.8. The van der Waals surface area contributed by atoms with Gasteiger partial charge in [-0.25, -0.2) is 14.3 Å². The monoisotopic (exact) mass is 655 g/mol. The van der Waals surface area contributed by atoms with Gasteiger partial charge in [-0.15, -0.1) is 0 Å². The third-order valence-corrected chi connectivity index (χ3v) is 9.09. The number of hydrogen-bond donors (Lipinski definition) is 3. The standard InChI is InChI=1S/C36H26N5O6P/c37-23-24-11-12-25-22-32-34(40(33(25)21-24)27-17-19-29(42)20-18-27)38-36(44)41(35(32)43)28-15-13-26(14-16-28)39-48(45,46-30-7-3-1-4-8-30)47-31-9-5-2-6-10-31/h1-22,34,42H,(H,38,44)(H,39,45). The third kappa shape index (κ3) is 5.91. The van der Waals surface area contributed by atoms with Crippen LogP contribution in [0.3, 0.4) is 0 Å². The fraction of sp³-hybridized carbons (Fsp3) is 0.0278. The first-order valence-corrected chi connectivity index (χ1v) is 16.3. The fourth-order valence-corrected chi connectivity index (χ4v) is 6.87. The van der Waals surface area contributed by atoms with Gasteiger partial charge >= 0.3 is 13.8 Å². The number of phenolic OH excluding ortho intramolecular Hbond substituents is 1. The van der Waals surface area contributed by atoms with Crippen LogP contribution < -0.4 is 29.3 Å². The van der Waals surface area contributed by atoms with Crippen molar-refractivity contribution in [1.82, 2.24) is 5.32 Å². The summed E-state index contributed by atoms with van der Waals surface area (Å²) in [4.78, 5) is 30.4. The average Bonchev–Trinajstić information content (AvgIpc) is 3.09. The van der Waals surface area contributed by atoms with E-state index in [0.717, 1.165) is 4.90 Å². The maximum Gasteiger partial charge on any atom is 0.541 e. The summed E-state index contributed by atoms with van der Waals surface area (Å²) in [6, 6.07) is 36.3. The lowest BCUT2D eigenvalue weighted by molar-refractivity contribution is -0.115. The number of urea groups is 1. The minimum Gasteiger partial charge on any atom is -0.508 e. The van der Waals surface area contributed by atoms with Crippen molar-refractivity contribution in [2.45, 2.75) is 6.17 Å². The second-order valence-corrected chi connectivity index (χ2v) is 12.4. The Hall–Kier alpha value is -6.50. The zero-order valence-corrected chi connectivity index (χ0v) is 26.0. The molecular weight excluding hydrogens is 629 g/mol. The number of nitrogens with one attached hydrogen (secondary N) is 2. The molecule has 2 aliphatic heterocycles. The molecule has 0 aliphatic carbocycles. The van der Waals surface area contributed by atoms with Crippen LogP contribution in [0.5, 0.6) is 17.2 Å². The van der Waals surface area contributed by atoms with E-state index in [4.69, 9.17) is 9.05 Å². The Morgan fingerprint density at radius 1 is 0.792 bits per heavy atom. The number of amides is 3. The van der Waals surface area contributed by atoms with Crippen LogP contribution >= 0.6 is 7.75 Å². The summed E-state index contributed by atoms with van der Waals surface area (Å²) >= 11 is 0. The van der Waals surface area contributed by atoms with Crippen molar-refractivity contribution in [3.8, 4) is 23.3 Å². The SMILES string of the molecule is N#Cc1ccc2c(c1)N(c1ccc(O)cc1)C1NC(=O)N(c3ccc(NP(=O)(Oc4ccccc4)Oc4ccccc4)cc3)C(=O)C1=C2. The first-order valence-electron chi connectivity index (χ1n) is 14.8. The van der Waals surface area contributed by atoms with Crippen LogP contribution in [0.15, 0.2) is 133 Å². The molecule has 236 valence electrons. The number of imide groups is 1. The Balaban J connectivity index is 1.18. The third-order valence-electron chi connectivity index (χ3n) is 7.65. The van der Waals surface area contributed by atoms with Gasteiger partial charge in [0, 0.05) is 11.4 Å². The van der Waals surface area contributed by atoms with Gasteiger partial charge in [0.15, 0.2) is 0 Å². The number of phenols is 1. The Labute approximate surface area is 275 Å². The molecule has 7 rings (SSSR count). The van der Waals surface area contributed by atoms with E-state index in [9.17, 15) is 24.5 Å². The van der Waals surface area contributed by atoms with E-state index in [1.807, 2.05) is 0 Å². The molecule has 0 bridgehead atoms. The largest absolute Gasteiger partial charge is 0.541 e. The molecule has 0 spiro atoms. The minimum atomic E-state index is -4.01. The molecule has 3 amide bonds. The highest BCUT2D eigenvalue weighted by Crippen LogP contribution is 2.48. The van der Waals surface area contributed by atoms with E-state index in [1.165, 1.54) is 12.1 Å². The fourth-order valence-electron chi connectivity index (χ4n) is 5.48. The molecule has 1 fully saturated rings. The number of carbonyl (C=O) groups excluding carboxylic acids is 2. The predicted molar refractivity (Wildman–Crippen MR) is 181 cm³/mol. The van der Waals surface area contributed by atoms with Crippen LogP contribution in [-0.2, 0) is 9.36 Å². The van der Waals surface area contributed by atoms with E-state index in [0.29, 0.717) is 45.3 Å². The maximum atomic E-state index is 14.0. The van der Waals surface area contributed by atoms with E-state index in [2.05, 4.69) is 16.5 Å². The lowest BCUT2D eigenvalue weighted by Gasteiger charge is -2.43. The average molecular weight is 656 g/mol. The number of aromatic hydroxyl groups is 1. The van der Waals surface area contributed by atoms with Crippen LogP contribution in [0, 0.1) is 11.3 Å². The number of nitriles is 1. The van der Waals surface area contributed by atoms with Gasteiger partial charge in [0.2, 0.25) is 0 Å². The summed E-state index contributed by atoms with van der Waals surface area (Å²) in [7, 11) is -4.01.